The SMILES string of the molecule is CCC(C)(NC(=O)C1CC12CCNCC2)c1nc(C)cs1.Cl.Cl. The Labute approximate surface area is 155 Å². The van der Waals surface area contributed by atoms with Crippen molar-refractivity contribution in [3.8, 4) is 0 Å². The van der Waals surface area contributed by atoms with Crippen LogP contribution in [0.4, 0.5) is 0 Å². The minimum absolute atomic E-state index is 0. The van der Waals surface area contributed by atoms with Crippen LogP contribution in [0.3, 0.4) is 0 Å². The number of piperidine rings is 1. The second kappa shape index (κ2) is 7.68. The first kappa shape index (κ1) is 20.7. The van der Waals surface area contributed by atoms with E-state index in [-0.39, 0.29) is 42.2 Å². The van der Waals surface area contributed by atoms with Gasteiger partial charge >= 0.3 is 0 Å². The van der Waals surface area contributed by atoms with Gasteiger partial charge in [-0.15, -0.1) is 36.2 Å². The molecule has 2 unspecified atom stereocenters. The molecule has 7 heteroatoms. The molecular formula is C16H27Cl2N3OS. The second-order valence-corrected chi connectivity index (χ2v) is 7.70. The van der Waals surface area contributed by atoms with E-state index in [1.165, 1.54) is 0 Å². The highest BCUT2D eigenvalue weighted by molar-refractivity contribution is 7.09. The summed E-state index contributed by atoms with van der Waals surface area (Å²) in [5, 5.41) is 9.76. The Bertz CT molecular complexity index is 545. The van der Waals surface area contributed by atoms with Gasteiger partial charge in [-0.2, -0.15) is 0 Å². The Morgan fingerprint density at radius 3 is 2.65 bits per heavy atom. The molecule has 1 amide bonds. The van der Waals surface area contributed by atoms with Gasteiger partial charge in [-0.3, -0.25) is 4.79 Å². The molecule has 1 spiro atoms. The molecule has 23 heavy (non-hydrogen) atoms. The quantitative estimate of drug-likeness (QED) is 0.842. The summed E-state index contributed by atoms with van der Waals surface area (Å²) in [4.78, 5) is 17.3. The molecule has 2 atom stereocenters. The smallest absolute Gasteiger partial charge is 0.224 e. The van der Waals surface area contributed by atoms with Gasteiger partial charge in [0.25, 0.3) is 0 Å². The van der Waals surface area contributed by atoms with Gasteiger partial charge < -0.3 is 10.6 Å². The van der Waals surface area contributed by atoms with Crippen molar-refractivity contribution in [2.24, 2.45) is 11.3 Å². The van der Waals surface area contributed by atoms with Gasteiger partial charge in [0.1, 0.15) is 5.01 Å². The first-order valence-electron chi connectivity index (χ1n) is 7.94. The van der Waals surface area contributed by atoms with Gasteiger partial charge in [-0.25, -0.2) is 4.98 Å². The van der Waals surface area contributed by atoms with Crippen molar-refractivity contribution in [1.29, 1.82) is 0 Å². The number of thiazole rings is 1. The lowest BCUT2D eigenvalue weighted by Gasteiger charge is -2.29. The van der Waals surface area contributed by atoms with Crippen molar-refractivity contribution in [2.75, 3.05) is 13.1 Å². The zero-order chi connectivity index (χ0) is 15.1. The fourth-order valence-electron chi connectivity index (χ4n) is 3.46. The van der Waals surface area contributed by atoms with E-state index in [0.29, 0.717) is 5.41 Å². The van der Waals surface area contributed by atoms with Crippen LogP contribution >= 0.6 is 36.2 Å². The maximum absolute atomic E-state index is 12.7. The highest BCUT2D eigenvalue weighted by Gasteiger charge is 2.58. The fourth-order valence-corrected chi connectivity index (χ4v) is 4.44. The van der Waals surface area contributed by atoms with Crippen LogP contribution in [0.1, 0.15) is 50.2 Å². The van der Waals surface area contributed by atoms with E-state index in [1.54, 1.807) is 11.3 Å². The number of hydrogen-bond donors (Lipinski definition) is 2. The molecule has 0 aromatic carbocycles. The van der Waals surface area contributed by atoms with E-state index in [0.717, 1.165) is 49.5 Å². The molecule has 2 N–H and O–H groups in total. The normalized spacial score (nSPS) is 24.0. The summed E-state index contributed by atoms with van der Waals surface area (Å²) < 4.78 is 0. The van der Waals surface area contributed by atoms with E-state index < -0.39 is 0 Å². The molecule has 1 saturated carbocycles. The summed E-state index contributed by atoms with van der Waals surface area (Å²) in [5.74, 6) is 0.445. The summed E-state index contributed by atoms with van der Waals surface area (Å²) >= 11 is 1.65. The van der Waals surface area contributed by atoms with E-state index in [4.69, 9.17) is 0 Å². The average molecular weight is 380 g/mol. The summed E-state index contributed by atoms with van der Waals surface area (Å²) in [6.07, 6.45) is 4.22. The molecule has 4 nitrogen and oxygen atoms in total. The van der Waals surface area contributed by atoms with Crippen LogP contribution in [-0.2, 0) is 10.3 Å². The minimum Gasteiger partial charge on any atom is -0.344 e. The third-order valence-corrected chi connectivity index (χ3v) is 6.53. The van der Waals surface area contributed by atoms with Gasteiger partial charge in [0, 0.05) is 17.0 Å². The van der Waals surface area contributed by atoms with Crippen LogP contribution in [-0.4, -0.2) is 24.0 Å². The molecular weight excluding hydrogens is 353 g/mol. The molecule has 1 aromatic heterocycles. The molecule has 132 valence electrons. The maximum atomic E-state index is 12.7. The third kappa shape index (κ3) is 4.01. The fraction of sp³-hybridized carbons (Fsp3) is 0.750. The number of carbonyl (C=O) groups excluding carboxylic acids is 1. The van der Waals surface area contributed by atoms with Crippen molar-refractivity contribution >= 4 is 42.1 Å². The monoisotopic (exact) mass is 379 g/mol. The summed E-state index contributed by atoms with van der Waals surface area (Å²) in [7, 11) is 0. The van der Waals surface area contributed by atoms with Gasteiger partial charge in [0.05, 0.1) is 5.54 Å². The highest BCUT2D eigenvalue weighted by atomic mass is 35.5. The maximum Gasteiger partial charge on any atom is 0.224 e. The lowest BCUT2D eigenvalue weighted by atomic mass is 9.91. The van der Waals surface area contributed by atoms with E-state index in [1.807, 2.05) is 6.92 Å². The topological polar surface area (TPSA) is 54.0 Å². The van der Waals surface area contributed by atoms with Crippen LogP contribution in [0.2, 0.25) is 0 Å². The Morgan fingerprint density at radius 1 is 1.48 bits per heavy atom. The Hall–Kier alpha value is -0.360. The van der Waals surface area contributed by atoms with Gasteiger partial charge in [0.15, 0.2) is 0 Å². The summed E-state index contributed by atoms with van der Waals surface area (Å²) in [5.41, 5.74) is 1.00. The lowest BCUT2D eigenvalue weighted by Crippen LogP contribution is -2.45. The first-order chi connectivity index (χ1) is 9.99. The standard InChI is InChI=1S/C16H25N3OS.2ClH/c1-4-15(3,14-18-11(2)10-21-14)19-13(20)12-9-16(12)5-7-17-8-6-16;;/h10,12,17H,4-9H2,1-3H3,(H,19,20);2*1H. The number of halogens is 2. The van der Waals surface area contributed by atoms with Crippen LogP contribution < -0.4 is 10.6 Å². The molecule has 3 rings (SSSR count). The Balaban J connectivity index is 0.00000132. The Morgan fingerprint density at radius 2 is 2.13 bits per heavy atom. The second-order valence-electron chi connectivity index (χ2n) is 6.84. The predicted molar refractivity (Wildman–Crippen MR) is 99.8 cm³/mol. The largest absolute Gasteiger partial charge is 0.344 e. The zero-order valence-corrected chi connectivity index (χ0v) is 16.4. The van der Waals surface area contributed by atoms with E-state index in [2.05, 4.69) is 34.8 Å². The summed E-state index contributed by atoms with van der Waals surface area (Å²) in [6.45, 7) is 8.33. The Kier molecular flexibility index (Phi) is 6.91. The third-order valence-electron chi connectivity index (χ3n) is 5.30. The number of amides is 1. The summed E-state index contributed by atoms with van der Waals surface area (Å²) in [6, 6.07) is 0. The number of aromatic nitrogens is 1. The highest BCUT2D eigenvalue weighted by Crippen LogP contribution is 2.58. The predicted octanol–water partition coefficient (Wildman–Crippen LogP) is 3.43. The van der Waals surface area contributed by atoms with Crippen LogP contribution in [0.5, 0.6) is 0 Å². The van der Waals surface area contributed by atoms with Gasteiger partial charge in [-0.1, -0.05) is 6.92 Å². The van der Waals surface area contributed by atoms with Crippen LogP contribution in [0, 0.1) is 18.3 Å². The van der Waals surface area contributed by atoms with Gasteiger partial charge in [-0.05, 0) is 58.0 Å². The average Bonchev–Trinajstić information content (AvgIpc) is 2.97. The zero-order valence-electron chi connectivity index (χ0n) is 14.0. The molecule has 2 fully saturated rings. The molecule has 1 saturated heterocycles. The number of aryl methyl sites for hydroxylation is 1. The number of hydrogen-bond acceptors (Lipinski definition) is 4. The van der Waals surface area contributed by atoms with E-state index in [9.17, 15) is 4.79 Å². The van der Waals surface area contributed by atoms with Crippen molar-refractivity contribution in [3.63, 3.8) is 0 Å². The van der Waals surface area contributed by atoms with Crippen LogP contribution in [0.15, 0.2) is 5.38 Å². The molecule has 1 aliphatic heterocycles. The first-order valence-corrected chi connectivity index (χ1v) is 8.82. The van der Waals surface area contributed by atoms with Gasteiger partial charge in [0.2, 0.25) is 5.91 Å². The van der Waals surface area contributed by atoms with Crippen LogP contribution in [0.25, 0.3) is 0 Å². The minimum atomic E-state index is -0.327. The van der Waals surface area contributed by atoms with Crippen molar-refractivity contribution in [2.45, 2.75) is 52.0 Å². The number of carbonyl (C=O) groups is 1. The lowest BCUT2D eigenvalue weighted by molar-refractivity contribution is -0.125. The molecule has 1 aromatic rings. The van der Waals surface area contributed by atoms with Crippen molar-refractivity contribution in [3.05, 3.63) is 16.1 Å². The number of nitrogens with one attached hydrogen (secondary N) is 2. The number of nitrogens with zero attached hydrogens (tertiary/aromatic N) is 1. The molecule has 1 aliphatic carbocycles. The number of rotatable bonds is 4. The van der Waals surface area contributed by atoms with Crippen molar-refractivity contribution < 1.29 is 4.79 Å². The van der Waals surface area contributed by atoms with E-state index >= 15 is 0 Å². The molecule has 0 bridgehead atoms. The van der Waals surface area contributed by atoms with Crippen molar-refractivity contribution in [1.82, 2.24) is 15.6 Å². The molecule has 2 heterocycles. The molecule has 2 aliphatic rings. The molecule has 0 radical (unpaired) electrons.